The quantitative estimate of drug-likeness (QED) is 0.270. The van der Waals surface area contributed by atoms with E-state index in [4.69, 9.17) is 9.97 Å². The van der Waals surface area contributed by atoms with Gasteiger partial charge in [0.2, 0.25) is 10.0 Å². The molecular weight excluding hydrogens is 493 g/mol. The van der Waals surface area contributed by atoms with E-state index in [1.165, 1.54) is 12.1 Å². The monoisotopic (exact) mass is 519 g/mol. The molecule has 4 N–H and O–H groups in total. The summed E-state index contributed by atoms with van der Waals surface area (Å²) < 4.78 is 39.9. The van der Waals surface area contributed by atoms with E-state index in [0.29, 0.717) is 34.1 Å². The molecule has 190 valence electrons. The molecule has 0 saturated carbocycles. The van der Waals surface area contributed by atoms with Crippen molar-refractivity contribution in [3.05, 3.63) is 65.6 Å². The highest BCUT2D eigenvalue weighted by molar-refractivity contribution is 7.88. The summed E-state index contributed by atoms with van der Waals surface area (Å²) in [5.41, 5.74) is 6.57. The second-order valence-electron chi connectivity index (χ2n) is 9.46. The molecule has 1 saturated heterocycles. The van der Waals surface area contributed by atoms with Crippen molar-refractivity contribution in [2.75, 3.05) is 19.3 Å². The summed E-state index contributed by atoms with van der Waals surface area (Å²) in [6.45, 7) is 1.97. The molecule has 0 spiro atoms. The molecule has 1 aliphatic heterocycles. The molecule has 6 rings (SSSR count). The number of pyridine rings is 1. The molecule has 0 amide bonds. The topological polar surface area (TPSA) is 128 Å². The van der Waals surface area contributed by atoms with Crippen molar-refractivity contribution < 1.29 is 12.8 Å². The summed E-state index contributed by atoms with van der Waals surface area (Å²) >= 11 is 0. The van der Waals surface area contributed by atoms with Crippen molar-refractivity contribution in [1.82, 2.24) is 35.2 Å². The Hall–Kier alpha value is -3.67. The Bertz CT molecular complexity index is 1720. The number of benzene rings is 2. The zero-order valence-corrected chi connectivity index (χ0v) is 21.0. The molecule has 0 atom stereocenters. The molecule has 3 aromatic heterocycles. The third kappa shape index (κ3) is 4.85. The third-order valence-electron chi connectivity index (χ3n) is 6.73. The fourth-order valence-corrected chi connectivity index (χ4v) is 5.35. The predicted molar refractivity (Wildman–Crippen MR) is 141 cm³/mol. The van der Waals surface area contributed by atoms with Crippen LogP contribution in [-0.2, 0) is 16.6 Å². The number of para-hydroxylation sites is 1. The zero-order valence-electron chi connectivity index (χ0n) is 20.2. The van der Waals surface area contributed by atoms with Crippen LogP contribution in [0.1, 0.15) is 30.0 Å². The number of aromatic amines is 2. The predicted octanol–water partition coefficient (Wildman–Crippen LogP) is 3.82. The van der Waals surface area contributed by atoms with Gasteiger partial charge in [-0.25, -0.2) is 27.5 Å². The largest absolute Gasteiger partial charge is 0.336 e. The highest BCUT2D eigenvalue weighted by atomic mass is 32.2. The molecule has 4 heterocycles. The number of fused-ring (bicyclic) bond motifs is 2. The van der Waals surface area contributed by atoms with Crippen LogP contribution in [0, 0.1) is 5.82 Å². The lowest BCUT2D eigenvalue weighted by Gasteiger charge is -2.22. The average molecular weight is 520 g/mol. The van der Waals surface area contributed by atoms with Crippen LogP contribution in [0.5, 0.6) is 0 Å². The van der Waals surface area contributed by atoms with Crippen LogP contribution in [0.2, 0.25) is 0 Å². The fourth-order valence-electron chi connectivity index (χ4n) is 4.92. The van der Waals surface area contributed by atoms with Gasteiger partial charge in [-0.15, -0.1) is 0 Å². The van der Waals surface area contributed by atoms with Crippen LogP contribution in [0.15, 0.2) is 48.5 Å². The van der Waals surface area contributed by atoms with Crippen LogP contribution in [0.3, 0.4) is 0 Å². The van der Waals surface area contributed by atoms with Gasteiger partial charge in [0.15, 0.2) is 11.5 Å². The summed E-state index contributed by atoms with van der Waals surface area (Å²) in [6, 6.07) is 14.2. The highest BCUT2D eigenvalue weighted by Gasteiger charge is 2.20. The van der Waals surface area contributed by atoms with E-state index >= 15 is 0 Å². The number of halogens is 1. The lowest BCUT2D eigenvalue weighted by Crippen LogP contribution is -2.27. The van der Waals surface area contributed by atoms with Crippen molar-refractivity contribution in [3.63, 3.8) is 0 Å². The minimum absolute atomic E-state index is 0.00426. The molecule has 1 aliphatic rings. The summed E-state index contributed by atoms with van der Waals surface area (Å²) in [4.78, 5) is 13.2. The number of hydrogen-bond donors (Lipinski definition) is 4. The van der Waals surface area contributed by atoms with Crippen LogP contribution in [0.25, 0.3) is 44.7 Å². The smallest absolute Gasteiger partial charge is 0.209 e. The molecule has 11 heteroatoms. The summed E-state index contributed by atoms with van der Waals surface area (Å²) in [5.74, 6) is 0.526. The Balaban J connectivity index is 1.40. The van der Waals surface area contributed by atoms with E-state index in [2.05, 4.69) is 31.3 Å². The number of rotatable bonds is 6. The summed E-state index contributed by atoms with van der Waals surface area (Å²) in [6.07, 6.45) is 3.17. The van der Waals surface area contributed by atoms with E-state index in [1.54, 1.807) is 6.07 Å². The number of nitrogens with one attached hydrogen (secondary N) is 4. The SMILES string of the molecule is CS(=O)(=O)NCc1cc(F)cc(-c2cccc3[nH]c(-c4n[nH]c5ccc(C6CCNCC6)nc45)nc23)c1. The molecule has 0 bridgehead atoms. The first-order valence-electron chi connectivity index (χ1n) is 12.1. The van der Waals surface area contributed by atoms with Crippen LogP contribution in [0.4, 0.5) is 4.39 Å². The van der Waals surface area contributed by atoms with E-state index < -0.39 is 15.8 Å². The summed E-state index contributed by atoms with van der Waals surface area (Å²) in [7, 11) is -3.41. The number of H-pyrrole nitrogens is 2. The van der Waals surface area contributed by atoms with Crippen molar-refractivity contribution in [1.29, 1.82) is 0 Å². The van der Waals surface area contributed by atoms with Gasteiger partial charge in [0.25, 0.3) is 0 Å². The number of nitrogens with zero attached hydrogens (tertiary/aromatic N) is 3. The first kappa shape index (κ1) is 23.7. The first-order valence-corrected chi connectivity index (χ1v) is 14.0. The van der Waals surface area contributed by atoms with Crippen molar-refractivity contribution in [3.8, 4) is 22.6 Å². The average Bonchev–Trinajstić information content (AvgIpc) is 3.51. The standard InChI is InChI=1S/C26H26FN7O2S/c1-37(35,36)29-14-15-11-17(13-18(27)12-15)19-3-2-4-21-23(19)32-26(31-21)25-24-22(33-34-25)6-5-20(30-24)16-7-9-28-10-8-16/h2-6,11-13,16,28-29H,7-10,14H2,1H3,(H,31,32)(H,33,34). The first-order chi connectivity index (χ1) is 17.8. The molecular formula is C26H26FN7O2S. The second-order valence-corrected chi connectivity index (χ2v) is 11.3. The lowest BCUT2D eigenvalue weighted by molar-refractivity contribution is 0.454. The third-order valence-corrected chi connectivity index (χ3v) is 7.40. The van der Waals surface area contributed by atoms with Crippen LogP contribution >= 0.6 is 0 Å². The lowest BCUT2D eigenvalue weighted by atomic mass is 9.94. The van der Waals surface area contributed by atoms with Gasteiger partial charge in [0.1, 0.15) is 11.3 Å². The molecule has 5 aromatic rings. The van der Waals surface area contributed by atoms with E-state index in [0.717, 1.165) is 60.0 Å². The van der Waals surface area contributed by atoms with E-state index in [-0.39, 0.29) is 6.54 Å². The van der Waals surface area contributed by atoms with Gasteiger partial charge in [-0.3, -0.25) is 5.10 Å². The van der Waals surface area contributed by atoms with Crippen molar-refractivity contribution in [2.45, 2.75) is 25.3 Å². The number of imidazole rings is 1. The van der Waals surface area contributed by atoms with Crippen LogP contribution < -0.4 is 10.0 Å². The summed E-state index contributed by atoms with van der Waals surface area (Å²) in [5, 5.41) is 11.0. The fraction of sp³-hybridized carbons (Fsp3) is 0.269. The van der Waals surface area contributed by atoms with Gasteiger partial charge in [-0.05, 0) is 73.5 Å². The van der Waals surface area contributed by atoms with Gasteiger partial charge in [-0.2, -0.15) is 5.10 Å². The molecule has 0 unspecified atom stereocenters. The Morgan fingerprint density at radius 1 is 1.03 bits per heavy atom. The Morgan fingerprint density at radius 3 is 2.68 bits per heavy atom. The van der Waals surface area contributed by atoms with Crippen molar-refractivity contribution >= 4 is 32.1 Å². The van der Waals surface area contributed by atoms with Gasteiger partial charge in [-0.1, -0.05) is 12.1 Å². The maximum absolute atomic E-state index is 14.5. The number of sulfonamides is 1. The van der Waals surface area contributed by atoms with Gasteiger partial charge >= 0.3 is 0 Å². The number of piperidine rings is 1. The van der Waals surface area contributed by atoms with Gasteiger partial charge in [0, 0.05) is 23.7 Å². The minimum Gasteiger partial charge on any atom is -0.336 e. The Labute approximate surface area is 213 Å². The van der Waals surface area contributed by atoms with Crippen LogP contribution in [-0.4, -0.2) is 52.9 Å². The highest BCUT2D eigenvalue weighted by Crippen LogP contribution is 2.33. The molecule has 2 aromatic carbocycles. The molecule has 9 nitrogen and oxygen atoms in total. The van der Waals surface area contributed by atoms with E-state index in [1.807, 2.05) is 24.3 Å². The molecule has 0 aliphatic carbocycles. The van der Waals surface area contributed by atoms with Crippen molar-refractivity contribution in [2.24, 2.45) is 0 Å². The zero-order chi connectivity index (χ0) is 25.6. The Morgan fingerprint density at radius 2 is 1.86 bits per heavy atom. The van der Waals surface area contributed by atoms with E-state index in [9.17, 15) is 12.8 Å². The molecule has 37 heavy (non-hydrogen) atoms. The van der Waals surface area contributed by atoms with Gasteiger partial charge < -0.3 is 10.3 Å². The number of hydrogen-bond acceptors (Lipinski definition) is 6. The second kappa shape index (κ2) is 9.33. The number of aromatic nitrogens is 5. The Kier molecular flexibility index (Phi) is 5.98. The van der Waals surface area contributed by atoms with Gasteiger partial charge in [0.05, 0.1) is 22.8 Å². The maximum atomic E-state index is 14.5. The molecule has 1 fully saturated rings. The molecule has 0 radical (unpaired) electrons. The normalized spacial score (nSPS) is 15.1. The maximum Gasteiger partial charge on any atom is 0.209 e. The minimum atomic E-state index is -3.41.